The molecule has 0 saturated carbocycles. The summed E-state index contributed by atoms with van der Waals surface area (Å²) in [6.07, 6.45) is 3.35. The van der Waals surface area contributed by atoms with Crippen LogP contribution < -0.4 is 5.32 Å². The fraction of sp³-hybridized carbons (Fsp3) is 0.526. The van der Waals surface area contributed by atoms with Crippen LogP contribution >= 0.6 is 0 Å². The molecule has 0 unspecified atom stereocenters. The Labute approximate surface area is 148 Å². The number of likely N-dealkylation sites (tertiary alicyclic amines) is 1. The molecule has 0 bridgehead atoms. The van der Waals surface area contributed by atoms with Gasteiger partial charge in [-0.25, -0.2) is 0 Å². The van der Waals surface area contributed by atoms with Gasteiger partial charge in [0.25, 0.3) is 0 Å². The predicted molar refractivity (Wildman–Crippen MR) is 98.3 cm³/mol. The molecule has 6 heteroatoms. The van der Waals surface area contributed by atoms with E-state index in [9.17, 15) is 9.59 Å². The Kier molecular flexibility index (Phi) is 4.79. The third kappa shape index (κ3) is 3.52. The van der Waals surface area contributed by atoms with E-state index in [4.69, 9.17) is 0 Å². The SMILES string of the molecule is CC(C)[C@H](C(=O)Nc1ccc2nn(C(C)C)cc2c1)N1CCCC1=O. The van der Waals surface area contributed by atoms with Crippen LogP contribution in [0.5, 0.6) is 0 Å². The zero-order valence-corrected chi connectivity index (χ0v) is 15.3. The maximum absolute atomic E-state index is 12.8. The molecule has 0 spiro atoms. The van der Waals surface area contributed by atoms with Crippen molar-refractivity contribution in [2.45, 2.75) is 52.6 Å². The number of aromatic nitrogens is 2. The first-order chi connectivity index (χ1) is 11.9. The van der Waals surface area contributed by atoms with Crippen molar-refractivity contribution < 1.29 is 9.59 Å². The molecule has 2 heterocycles. The Morgan fingerprint density at radius 3 is 2.60 bits per heavy atom. The van der Waals surface area contributed by atoms with Crippen molar-refractivity contribution in [1.29, 1.82) is 0 Å². The summed E-state index contributed by atoms with van der Waals surface area (Å²) >= 11 is 0. The number of rotatable bonds is 5. The third-order valence-electron chi connectivity index (χ3n) is 4.66. The monoisotopic (exact) mass is 342 g/mol. The van der Waals surface area contributed by atoms with Gasteiger partial charge >= 0.3 is 0 Å². The summed E-state index contributed by atoms with van der Waals surface area (Å²) in [5.74, 6) is 0.0119. The molecular weight excluding hydrogens is 316 g/mol. The highest BCUT2D eigenvalue weighted by Gasteiger charge is 2.34. The van der Waals surface area contributed by atoms with Crippen LogP contribution in [0.4, 0.5) is 5.69 Å². The second-order valence-electron chi connectivity index (χ2n) is 7.35. The second-order valence-corrected chi connectivity index (χ2v) is 7.35. The van der Waals surface area contributed by atoms with Gasteiger partial charge in [0.1, 0.15) is 6.04 Å². The first kappa shape index (κ1) is 17.5. The van der Waals surface area contributed by atoms with E-state index in [1.807, 2.05) is 42.9 Å². The van der Waals surface area contributed by atoms with Gasteiger partial charge in [0.05, 0.1) is 5.52 Å². The lowest BCUT2D eigenvalue weighted by Crippen LogP contribution is -2.47. The highest BCUT2D eigenvalue weighted by atomic mass is 16.2. The Bertz CT molecular complexity index is 794. The van der Waals surface area contributed by atoms with Gasteiger partial charge < -0.3 is 10.2 Å². The van der Waals surface area contributed by atoms with Gasteiger partial charge in [-0.2, -0.15) is 5.10 Å². The van der Waals surface area contributed by atoms with Crippen molar-refractivity contribution in [3.05, 3.63) is 24.4 Å². The topological polar surface area (TPSA) is 67.2 Å². The van der Waals surface area contributed by atoms with Gasteiger partial charge in [-0.3, -0.25) is 14.3 Å². The Hall–Kier alpha value is -2.37. The maximum atomic E-state index is 12.8. The van der Waals surface area contributed by atoms with E-state index in [1.165, 1.54) is 0 Å². The highest BCUT2D eigenvalue weighted by molar-refractivity contribution is 5.99. The molecule has 1 atom stereocenters. The summed E-state index contributed by atoms with van der Waals surface area (Å²) < 4.78 is 1.91. The van der Waals surface area contributed by atoms with E-state index in [-0.39, 0.29) is 23.8 Å². The zero-order valence-electron chi connectivity index (χ0n) is 15.3. The van der Waals surface area contributed by atoms with Crippen LogP contribution in [-0.2, 0) is 9.59 Å². The number of carbonyl (C=O) groups is 2. The lowest BCUT2D eigenvalue weighted by molar-refractivity contribution is -0.136. The van der Waals surface area contributed by atoms with Crippen molar-refractivity contribution in [3.63, 3.8) is 0 Å². The number of carbonyl (C=O) groups excluding carboxylic acids is 2. The number of benzene rings is 1. The first-order valence-corrected chi connectivity index (χ1v) is 8.96. The van der Waals surface area contributed by atoms with E-state index in [2.05, 4.69) is 24.3 Å². The Morgan fingerprint density at radius 1 is 1.24 bits per heavy atom. The predicted octanol–water partition coefficient (Wildman–Crippen LogP) is 3.20. The van der Waals surface area contributed by atoms with Gasteiger partial charge in [0, 0.05) is 36.3 Å². The van der Waals surface area contributed by atoms with Crippen molar-refractivity contribution in [2.75, 3.05) is 11.9 Å². The molecule has 2 amide bonds. The summed E-state index contributed by atoms with van der Waals surface area (Å²) in [6.45, 7) is 8.77. The fourth-order valence-corrected chi connectivity index (χ4v) is 3.37. The van der Waals surface area contributed by atoms with Crippen molar-refractivity contribution in [2.24, 2.45) is 5.92 Å². The number of nitrogens with one attached hydrogen (secondary N) is 1. The number of nitrogens with zero attached hydrogens (tertiary/aromatic N) is 3. The van der Waals surface area contributed by atoms with E-state index >= 15 is 0 Å². The van der Waals surface area contributed by atoms with Crippen molar-refractivity contribution in [3.8, 4) is 0 Å². The van der Waals surface area contributed by atoms with Crippen LogP contribution in [0.2, 0.25) is 0 Å². The van der Waals surface area contributed by atoms with Crippen molar-refractivity contribution in [1.82, 2.24) is 14.7 Å². The lowest BCUT2D eigenvalue weighted by atomic mass is 10.0. The summed E-state index contributed by atoms with van der Waals surface area (Å²) in [5, 5.41) is 8.49. The molecule has 1 aromatic heterocycles. The van der Waals surface area contributed by atoms with E-state index in [0.717, 1.165) is 23.0 Å². The number of hydrogen-bond donors (Lipinski definition) is 1. The molecule has 1 aromatic carbocycles. The molecule has 1 aliphatic heterocycles. The normalized spacial score (nSPS) is 16.2. The number of anilines is 1. The third-order valence-corrected chi connectivity index (χ3v) is 4.66. The number of amides is 2. The van der Waals surface area contributed by atoms with Crippen LogP contribution in [0.1, 0.15) is 46.6 Å². The molecule has 6 nitrogen and oxygen atoms in total. The minimum Gasteiger partial charge on any atom is -0.330 e. The molecule has 0 aliphatic carbocycles. The van der Waals surface area contributed by atoms with Crippen LogP contribution in [0.15, 0.2) is 24.4 Å². The summed E-state index contributed by atoms with van der Waals surface area (Å²) in [7, 11) is 0. The van der Waals surface area contributed by atoms with Crippen LogP contribution in [-0.4, -0.2) is 39.1 Å². The standard InChI is InChI=1S/C19H26N4O2/c1-12(2)18(22-9-5-6-17(22)24)19(25)20-15-7-8-16-14(10-15)11-23(21-16)13(3)4/h7-8,10-13,18H,5-6,9H2,1-4H3,(H,20,25)/t18-/m1/s1. The zero-order chi connectivity index (χ0) is 18.1. The molecule has 3 rings (SSSR count). The second kappa shape index (κ2) is 6.86. The first-order valence-electron chi connectivity index (χ1n) is 8.96. The molecular formula is C19H26N4O2. The van der Waals surface area contributed by atoms with E-state index in [1.54, 1.807) is 4.90 Å². The minimum absolute atomic E-state index is 0.0643. The van der Waals surface area contributed by atoms with Gasteiger partial charge in [-0.15, -0.1) is 0 Å². The summed E-state index contributed by atoms with van der Waals surface area (Å²) in [5.41, 5.74) is 1.64. The average molecular weight is 342 g/mol. The molecule has 1 saturated heterocycles. The number of hydrogen-bond acceptors (Lipinski definition) is 3. The molecule has 25 heavy (non-hydrogen) atoms. The maximum Gasteiger partial charge on any atom is 0.247 e. The van der Waals surface area contributed by atoms with Crippen LogP contribution in [0.25, 0.3) is 10.9 Å². The molecule has 1 N–H and O–H groups in total. The molecule has 1 fully saturated rings. The smallest absolute Gasteiger partial charge is 0.247 e. The largest absolute Gasteiger partial charge is 0.330 e. The number of fused-ring (bicyclic) bond motifs is 1. The van der Waals surface area contributed by atoms with E-state index in [0.29, 0.717) is 13.0 Å². The van der Waals surface area contributed by atoms with Gasteiger partial charge in [-0.05, 0) is 44.4 Å². The Morgan fingerprint density at radius 2 is 2.00 bits per heavy atom. The summed E-state index contributed by atoms with van der Waals surface area (Å²) in [4.78, 5) is 26.6. The lowest BCUT2D eigenvalue weighted by Gasteiger charge is -2.29. The fourth-order valence-electron chi connectivity index (χ4n) is 3.37. The minimum atomic E-state index is -0.427. The van der Waals surface area contributed by atoms with Gasteiger partial charge in [-0.1, -0.05) is 13.8 Å². The van der Waals surface area contributed by atoms with E-state index < -0.39 is 6.04 Å². The molecule has 0 radical (unpaired) electrons. The summed E-state index contributed by atoms with van der Waals surface area (Å²) in [6, 6.07) is 5.57. The van der Waals surface area contributed by atoms with Crippen molar-refractivity contribution >= 4 is 28.4 Å². The van der Waals surface area contributed by atoms with Gasteiger partial charge in [0.15, 0.2) is 0 Å². The molecule has 2 aromatic rings. The molecule has 134 valence electrons. The average Bonchev–Trinajstić information content (AvgIpc) is 3.13. The van der Waals surface area contributed by atoms with Gasteiger partial charge in [0.2, 0.25) is 11.8 Å². The quantitative estimate of drug-likeness (QED) is 0.907. The highest BCUT2D eigenvalue weighted by Crippen LogP contribution is 2.23. The Balaban J connectivity index is 1.81. The van der Waals surface area contributed by atoms with Crippen LogP contribution in [0, 0.1) is 5.92 Å². The molecule has 1 aliphatic rings. The van der Waals surface area contributed by atoms with Crippen LogP contribution in [0.3, 0.4) is 0 Å².